The second-order valence-corrected chi connectivity index (χ2v) is 4.04. The van der Waals surface area contributed by atoms with Crippen LogP contribution in [0.3, 0.4) is 0 Å². The van der Waals surface area contributed by atoms with Crippen LogP contribution in [0.1, 0.15) is 11.1 Å². The van der Waals surface area contributed by atoms with E-state index < -0.39 is 11.4 Å². The lowest BCUT2D eigenvalue weighted by atomic mass is 9.90. The van der Waals surface area contributed by atoms with Crippen LogP contribution in [0, 0.1) is 12.7 Å². The minimum atomic E-state index is -1.19. The summed E-state index contributed by atoms with van der Waals surface area (Å²) < 4.78 is 18.4. The highest BCUT2D eigenvalue weighted by atomic mass is 35.5. The van der Waals surface area contributed by atoms with Gasteiger partial charge in [0, 0.05) is 5.56 Å². The van der Waals surface area contributed by atoms with E-state index >= 15 is 0 Å². The molecule has 0 amide bonds. The maximum atomic E-state index is 13.6. The Bertz CT molecular complexity index is 375. The van der Waals surface area contributed by atoms with Crippen molar-refractivity contribution in [3.63, 3.8) is 0 Å². The zero-order valence-electron chi connectivity index (χ0n) is 7.68. The fourth-order valence-electron chi connectivity index (χ4n) is 1.51. The maximum absolute atomic E-state index is 13.6. The highest BCUT2D eigenvalue weighted by molar-refractivity contribution is 6.30. The summed E-state index contributed by atoms with van der Waals surface area (Å²) >= 11 is 5.68. The molecule has 4 heteroatoms. The van der Waals surface area contributed by atoms with Crippen LogP contribution in [0.25, 0.3) is 0 Å². The Labute approximate surface area is 86.3 Å². The van der Waals surface area contributed by atoms with Gasteiger partial charge in [-0.15, -0.1) is 0 Å². The number of aliphatic hydroxyl groups is 1. The Hall–Kier alpha value is -0.640. The number of aryl methyl sites for hydroxylation is 1. The molecule has 0 unspecified atom stereocenters. The van der Waals surface area contributed by atoms with Crippen molar-refractivity contribution >= 4 is 11.6 Å². The van der Waals surface area contributed by atoms with Crippen molar-refractivity contribution < 1.29 is 14.2 Å². The van der Waals surface area contributed by atoms with Crippen molar-refractivity contribution in [1.29, 1.82) is 0 Å². The zero-order chi connectivity index (χ0) is 10.3. The summed E-state index contributed by atoms with van der Waals surface area (Å²) in [6, 6.07) is 3.13. The van der Waals surface area contributed by atoms with Gasteiger partial charge in [0.15, 0.2) is 0 Å². The molecule has 1 saturated heterocycles. The van der Waals surface area contributed by atoms with Crippen LogP contribution < -0.4 is 0 Å². The van der Waals surface area contributed by atoms with Gasteiger partial charge in [0.25, 0.3) is 0 Å². The number of hydrogen-bond donors (Lipinski definition) is 1. The van der Waals surface area contributed by atoms with Crippen LogP contribution >= 0.6 is 11.6 Å². The molecule has 0 radical (unpaired) electrons. The normalized spacial score (nSPS) is 19.1. The Morgan fingerprint density at radius 3 is 2.64 bits per heavy atom. The van der Waals surface area contributed by atoms with Gasteiger partial charge in [0.1, 0.15) is 11.4 Å². The summed E-state index contributed by atoms with van der Waals surface area (Å²) in [6.45, 7) is 2.06. The lowest BCUT2D eigenvalue weighted by Crippen LogP contribution is -2.47. The van der Waals surface area contributed by atoms with Gasteiger partial charge in [0.05, 0.1) is 18.2 Å². The van der Waals surface area contributed by atoms with E-state index in [4.69, 9.17) is 16.3 Å². The number of hydrogen-bond acceptors (Lipinski definition) is 2. The van der Waals surface area contributed by atoms with Gasteiger partial charge in [-0.05, 0) is 24.6 Å². The number of halogens is 2. The molecule has 2 rings (SSSR count). The molecule has 1 heterocycles. The van der Waals surface area contributed by atoms with Gasteiger partial charge in [-0.1, -0.05) is 11.6 Å². The number of benzene rings is 1. The highest BCUT2D eigenvalue weighted by Gasteiger charge is 2.40. The quantitative estimate of drug-likeness (QED) is 0.778. The van der Waals surface area contributed by atoms with E-state index in [1.807, 2.05) is 0 Å². The SMILES string of the molecule is Cc1cc(Cl)c(F)c(C2(O)COC2)c1. The summed E-state index contributed by atoms with van der Waals surface area (Å²) in [7, 11) is 0. The van der Waals surface area contributed by atoms with Crippen molar-refractivity contribution in [2.24, 2.45) is 0 Å². The van der Waals surface area contributed by atoms with Gasteiger partial charge >= 0.3 is 0 Å². The first-order chi connectivity index (χ1) is 6.53. The molecule has 0 saturated carbocycles. The standard InChI is InChI=1S/C10H10ClFO2/c1-6-2-7(9(12)8(11)3-6)10(13)4-14-5-10/h2-3,13H,4-5H2,1H3. The molecule has 1 N–H and O–H groups in total. The minimum Gasteiger partial charge on any atom is -0.380 e. The fraction of sp³-hybridized carbons (Fsp3) is 0.400. The summed E-state index contributed by atoms with van der Waals surface area (Å²) in [6.07, 6.45) is 0. The van der Waals surface area contributed by atoms with E-state index in [1.54, 1.807) is 13.0 Å². The molecular formula is C10H10ClFO2. The molecule has 76 valence electrons. The van der Waals surface area contributed by atoms with E-state index in [2.05, 4.69) is 0 Å². The van der Waals surface area contributed by atoms with Crippen molar-refractivity contribution in [2.45, 2.75) is 12.5 Å². The molecule has 1 aromatic rings. The molecule has 0 aromatic heterocycles. The summed E-state index contributed by atoms with van der Waals surface area (Å²) in [5.41, 5.74) is -0.139. The van der Waals surface area contributed by atoms with Crippen LogP contribution in [0.2, 0.25) is 5.02 Å². The fourth-order valence-corrected chi connectivity index (χ4v) is 1.79. The Morgan fingerprint density at radius 1 is 1.50 bits per heavy atom. The largest absolute Gasteiger partial charge is 0.380 e. The Balaban J connectivity index is 2.51. The first-order valence-electron chi connectivity index (χ1n) is 4.29. The highest BCUT2D eigenvalue weighted by Crippen LogP contribution is 2.34. The number of ether oxygens (including phenoxy) is 1. The van der Waals surface area contributed by atoms with E-state index in [-0.39, 0.29) is 23.8 Å². The number of rotatable bonds is 1. The topological polar surface area (TPSA) is 29.5 Å². The van der Waals surface area contributed by atoms with Gasteiger partial charge in [-0.3, -0.25) is 0 Å². The summed E-state index contributed by atoms with van der Waals surface area (Å²) in [5.74, 6) is -0.553. The summed E-state index contributed by atoms with van der Waals surface area (Å²) in [4.78, 5) is 0. The lowest BCUT2D eigenvalue weighted by molar-refractivity contribution is -0.186. The van der Waals surface area contributed by atoms with Crippen LogP contribution in [0.4, 0.5) is 4.39 Å². The lowest BCUT2D eigenvalue weighted by Gasteiger charge is -2.37. The molecule has 1 fully saturated rings. The van der Waals surface area contributed by atoms with E-state index in [0.717, 1.165) is 5.56 Å². The van der Waals surface area contributed by atoms with Crippen LogP contribution in [-0.4, -0.2) is 18.3 Å². The molecule has 0 bridgehead atoms. The van der Waals surface area contributed by atoms with Crippen molar-refractivity contribution in [3.05, 3.63) is 34.1 Å². The minimum absolute atomic E-state index is 0.0420. The van der Waals surface area contributed by atoms with E-state index in [1.165, 1.54) is 6.07 Å². The summed E-state index contributed by atoms with van der Waals surface area (Å²) in [5, 5.41) is 9.93. The molecule has 0 atom stereocenters. The first-order valence-corrected chi connectivity index (χ1v) is 4.67. The molecule has 0 aliphatic carbocycles. The molecular weight excluding hydrogens is 207 g/mol. The molecule has 1 aromatic carbocycles. The predicted molar refractivity (Wildman–Crippen MR) is 50.9 cm³/mol. The van der Waals surface area contributed by atoms with Crippen molar-refractivity contribution in [3.8, 4) is 0 Å². The van der Waals surface area contributed by atoms with Crippen LogP contribution in [-0.2, 0) is 10.3 Å². The molecule has 1 aliphatic rings. The first kappa shape index (κ1) is 9.90. The smallest absolute Gasteiger partial charge is 0.148 e. The van der Waals surface area contributed by atoms with Gasteiger partial charge in [-0.25, -0.2) is 4.39 Å². The molecule has 2 nitrogen and oxygen atoms in total. The van der Waals surface area contributed by atoms with Crippen molar-refractivity contribution in [1.82, 2.24) is 0 Å². The van der Waals surface area contributed by atoms with Gasteiger partial charge in [0.2, 0.25) is 0 Å². The second-order valence-electron chi connectivity index (χ2n) is 3.63. The second kappa shape index (κ2) is 3.19. The Morgan fingerprint density at radius 2 is 2.14 bits per heavy atom. The van der Waals surface area contributed by atoms with Crippen LogP contribution in [0.15, 0.2) is 12.1 Å². The Kier molecular flexibility index (Phi) is 2.26. The zero-order valence-corrected chi connectivity index (χ0v) is 8.44. The average Bonchev–Trinajstić information content (AvgIpc) is 2.07. The van der Waals surface area contributed by atoms with E-state index in [9.17, 15) is 9.50 Å². The molecule has 1 aliphatic heterocycles. The predicted octanol–water partition coefficient (Wildman–Crippen LogP) is 2.01. The average molecular weight is 217 g/mol. The van der Waals surface area contributed by atoms with Gasteiger partial charge in [-0.2, -0.15) is 0 Å². The third-order valence-corrected chi connectivity index (χ3v) is 2.63. The monoisotopic (exact) mass is 216 g/mol. The maximum Gasteiger partial charge on any atom is 0.148 e. The van der Waals surface area contributed by atoms with Crippen LogP contribution in [0.5, 0.6) is 0 Å². The molecule has 14 heavy (non-hydrogen) atoms. The third kappa shape index (κ3) is 1.41. The van der Waals surface area contributed by atoms with Crippen molar-refractivity contribution in [2.75, 3.05) is 13.2 Å². The van der Waals surface area contributed by atoms with E-state index in [0.29, 0.717) is 0 Å². The molecule has 0 spiro atoms. The third-order valence-electron chi connectivity index (χ3n) is 2.36. The van der Waals surface area contributed by atoms with Gasteiger partial charge < -0.3 is 9.84 Å².